The zero-order chi connectivity index (χ0) is 19.1. The van der Waals surface area contributed by atoms with Gasteiger partial charge in [-0.25, -0.2) is 0 Å². The number of aromatic amines is 1. The third kappa shape index (κ3) is 3.08. The number of aryl methyl sites for hydroxylation is 1. The highest BCUT2D eigenvalue weighted by molar-refractivity contribution is 5.80. The van der Waals surface area contributed by atoms with Gasteiger partial charge in [-0.2, -0.15) is 0 Å². The Bertz CT molecular complexity index is 1200. The molecule has 5 nitrogen and oxygen atoms in total. The second-order valence-electron chi connectivity index (χ2n) is 7.68. The minimum atomic E-state index is -0.0282. The molecule has 1 fully saturated rings. The van der Waals surface area contributed by atoms with E-state index < -0.39 is 0 Å². The molecule has 4 aromatic rings. The van der Waals surface area contributed by atoms with Crippen molar-refractivity contribution in [1.29, 1.82) is 0 Å². The smallest absolute Gasteiger partial charge is 0.258 e. The molecule has 0 aliphatic carbocycles. The molecule has 5 heteroatoms. The van der Waals surface area contributed by atoms with E-state index in [9.17, 15) is 4.79 Å². The van der Waals surface area contributed by atoms with Gasteiger partial charge in [0.1, 0.15) is 5.65 Å². The molecule has 28 heavy (non-hydrogen) atoms. The number of nitrogens with one attached hydrogen (secondary N) is 1. The molecule has 1 N–H and O–H groups in total. The van der Waals surface area contributed by atoms with E-state index in [2.05, 4.69) is 62.6 Å². The monoisotopic (exact) mass is 372 g/mol. The molecule has 1 saturated heterocycles. The van der Waals surface area contributed by atoms with Gasteiger partial charge in [0.25, 0.3) is 5.56 Å². The van der Waals surface area contributed by atoms with Crippen molar-refractivity contribution in [2.45, 2.75) is 13.5 Å². The highest BCUT2D eigenvalue weighted by Gasteiger charge is 2.18. The summed E-state index contributed by atoms with van der Waals surface area (Å²) in [6.07, 6.45) is 2.15. The Hall–Kier alpha value is -3.05. The fraction of sp³-hybridized carbons (Fsp3) is 0.261. The molecular weight excluding hydrogens is 348 g/mol. The molecule has 142 valence electrons. The Morgan fingerprint density at radius 2 is 1.79 bits per heavy atom. The first kappa shape index (κ1) is 17.1. The molecule has 2 aromatic heterocycles. The fourth-order valence-corrected chi connectivity index (χ4v) is 4.21. The topological polar surface area (TPSA) is 43.8 Å². The summed E-state index contributed by atoms with van der Waals surface area (Å²) in [5.41, 5.74) is 5.64. The van der Waals surface area contributed by atoms with E-state index >= 15 is 0 Å². The lowest BCUT2D eigenvalue weighted by Gasteiger charge is -2.36. The molecule has 0 bridgehead atoms. The minimum absolute atomic E-state index is 0.0282. The lowest BCUT2D eigenvalue weighted by atomic mass is 10.2. The predicted octanol–water partition coefficient (Wildman–Crippen LogP) is 3.41. The predicted molar refractivity (Wildman–Crippen MR) is 114 cm³/mol. The van der Waals surface area contributed by atoms with E-state index in [-0.39, 0.29) is 5.56 Å². The van der Waals surface area contributed by atoms with E-state index in [0.29, 0.717) is 0 Å². The molecule has 0 radical (unpaired) electrons. The van der Waals surface area contributed by atoms with Crippen LogP contribution in [0.2, 0.25) is 0 Å². The molecule has 1 aliphatic rings. The van der Waals surface area contributed by atoms with Crippen LogP contribution in [0.25, 0.3) is 16.6 Å². The molecule has 1 aliphatic heterocycles. The van der Waals surface area contributed by atoms with Crippen molar-refractivity contribution >= 4 is 22.2 Å². The number of benzene rings is 2. The summed E-state index contributed by atoms with van der Waals surface area (Å²) in [5.74, 6) is 0. The van der Waals surface area contributed by atoms with Crippen molar-refractivity contribution in [2.75, 3.05) is 31.1 Å². The van der Waals surface area contributed by atoms with Gasteiger partial charge in [0.05, 0.1) is 10.9 Å². The Morgan fingerprint density at radius 3 is 2.61 bits per heavy atom. The number of hydrogen-bond donors (Lipinski definition) is 1. The highest BCUT2D eigenvalue weighted by Crippen LogP contribution is 2.20. The van der Waals surface area contributed by atoms with Gasteiger partial charge in [-0.3, -0.25) is 9.69 Å². The molecule has 0 amide bonds. The third-order valence-corrected chi connectivity index (χ3v) is 5.67. The first-order valence-corrected chi connectivity index (χ1v) is 9.83. The van der Waals surface area contributed by atoms with E-state index in [4.69, 9.17) is 0 Å². The second-order valence-corrected chi connectivity index (χ2v) is 7.68. The molecule has 0 spiro atoms. The molecule has 0 atom stereocenters. The maximum atomic E-state index is 12.3. The van der Waals surface area contributed by atoms with Crippen molar-refractivity contribution in [1.82, 2.24) is 14.3 Å². The van der Waals surface area contributed by atoms with Crippen LogP contribution in [0.1, 0.15) is 11.1 Å². The SMILES string of the molecule is Cc1cccc(N2CCN(Cc3cc4[nH]c(=O)c5ccccc5n4c3)CC2)c1. The first-order chi connectivity index (χ1) is 13.7. The van der Waals surface area contributed by atoms with Gasteiger partial charge in [0.2, 0.25) is 0 Å². The summed E-state index contributed by atoms with van der Waals surface area (Å²) in [5, 5.41) is 0.726. The maximum Gasteiger partial charge on any atom is 0.258 e. The number of anilines is 1. The Morgan fingerprint density at radius 1 is 0.964 bits per heavy atom. The largest absolute Gasteiger partial charge is 0.369 e. The fourth-order valence-electron chi connectivity index (χ4n) is 4.21. The van der Waals surface area contributed by atoms with Crippen molar-refractivity contribution in [3.05, 3.63) is 82.3 Å². The lowest BCUT2D eigenvalue weighted by Crippen LogP contribution is -2.45. The van der Waals surface area contributed by atoms with Crippen molar-refractivity contribution in [3.63, 3.8) is 0 Å². The van der Waals surface area contributed by atoms with Crippen LogP contribution in [-0.4, -0.2) is 40.5 Å². The number of fused-ring (bicyclic) bond motifs is 3. The van der Waals surface area contributed by atoms with Crippen molar-refractivity contribution < 1.29 is 0 Å². The van der Waals surface area contributed by atoms with Crippen molar-refractivity contribution in [3.8, 4) is 0 Å². The molecule has 0 unspecified atom stereocenters. The van der Waals surface area contributed by atoms with Crippen LogP contribution >= 0.6 is 0 Å². The van der Waals surface area contributed by atoms with Crippen LogP contribution in [0.5, 0.6) is 0 Å². The van der Waals surface area contributed by atoms with Gasteiger partial charge in [-0.1, -0.05) is 24.3 Å². The summed E-state index contributed by atoms with van der Waals surface area (Å²) in [6, 6.07) is 18.6. The average molecular weight is 372 g/mol. The summed E-state index contributed by atoms with van der Waals surface area (Å²) in [4.78, 5) is 20.3. The van der Waals surface area contributed by atoms with Crippen LogP contribution in [-0.2, 0) is 6.54 Å². The molecule has 0 saturated carbocycles. The quantitative estimate of drug-likeness (QED) is 0.599. The molecular formula is C23H24N4O. The lowest BCUT2D eigenvalue weighted by molar-refractivity contribution is 0.250. The van der Waals surface area contributed by atoms with Crippen LogP contribution in [0.3, 0.4) is 0 Å². The van der Waals surface area contributed by atoms with Gasteiger partial charge < -0.3 is 14.3 Å². The van der Waals surface area contributed by atoms with Crippen LogP contribution in [0, 0.1) is 6.92 Å². The van der Waals surface area contributed by atoms with Crippen molar-refractivity contribution in [2.24, 2.45) is 0 Å². The second kappa shape index (κ2) is 6.84. The van der Waals surface area contributed by atoms with E-state index in [1.807, 2.05) is 24.3 Å². The highest BCUT2D eigenvalue weighted by atomic mass is 16.1. The summed E-state index contributed by atoms with van der Waals surface area (Å²) >= 11 is 0. The van der Waals surface area contributed by atoms with Gasteiger partial charge >= 0.3 is 0 Å². The molecule has 2 aromatic carbocycles. The number of piperazine rings is 1. The average Bonchev–Trinajstić information content (AvgIpc) is 3.11. The molecule has 5 rings (SSSR count). The Balaban J connectivity index is 1.34. The van der Waals surface area contributed by atoms with E-state index in [1.54, 1.807) is 0 Å². The van der Waals surface area contributed by atoms with Gasteiger partial charge in [0.15, 0.2) is 0 Å². The van der Waals surface area contributed by atoms with E-state index in [0.717, 1.165) is 49.3 Å². The third-order valence-electron chi connectivity index (χ3n) is 5.67. The standard InChI is InChI=1S/C23H24N4O/c1-17-5-4-6-19(13-17)26-11-9-25(10-12-26)15-18-14-22-24-23(28)20-7-2-3-8-21(20)27(22)16-18/h2-8,13-14,16H,9-12,15H2,1H3,(H,24,28). The number of para-hydroxylation sites is 1. The minimum Gasteiger partial charge on any atom is -0.369 e. The zero-order valence-corrected chi connectivity index (χ0v) is 16.1. The van der Waals surface area contributed by atoms with Gasteiger partial charge in [0, 0.05) is 44.6 Å². The Kier molecular flexibility index (Phi) is 4.17. The number of rotatable bonds is 3. The number of H-pyrrole nitrogens is 1. The normalized spacial score (nSPS) is 15.5. The van der Waals surface area contributed by atoms with Crippen LogP contribution in [0.15, 0.2) is 65.6 Å². The zero-order valence-electron chi connectivity index (χ0n) is 16.1. The first-order valence-electron chi connectivity index (χ1n) is 9.83. The number of hydrogen-bond acceptors (Lipinski definition) is 3. The van der Waals surface area contributed by atoms with Crippen LogP contribution in [0.4, 0.5) is 5.69 Å². The summed E-state index contributed by atoms with van der Waals surface area (Å²) < 4.78 is 2.09. The number of nitrogens with zero attached hydrogens (tertiary/aromatic N) is 3. The maximum absolute atomic E-state index is 12.3. The molecule has 3 heterocycles. The number of aromatic nitrogens is 2. The summed E-state index contributed by atoms with van der Waals surface area (Å²) in [6.45, 7) is 7.20. The Labute approximate surface area is 163 Å². The van der Waals surface area contributed by atoms with Gasteiger partial charge in [-0.15, -0.1) is 0 Å². The summed E-state index contributed by atoms with van der Waals surface area (Å²) in [7, 11) is 0. The van der Waals surface area contributed by atoms with Crippen LogP contribution < -0.4 is 10.5 Å². The van der Waals surface area contributed by atoms with Gasteiger partial charge in [-0.05, 0) is 48.4 Å². The van der Waals surface area contributed by atoms with E-state index in [1.165, 1.54) is 16.8 Å².